The number of nitrogens with one attached hydrogen (secondary N) is 1. The molecule has 1 amide bonds. The number of nitrogens with zero attached hydrogens (tertiary/aromatic N) is 3. The number of hydrogen-bond acceptors (Lipinski definition) is 8. The van der Waals surface area contributed by atoms with Crippen molar-refractivity contribution in [3.63, 3.8) is 0 Å². The molecule has 1 aliphatic rings. The molecule has 142 valence electrons. The first-order chi connectivity index (χ1) is 12.5. The molecule has 3 heterocycles. The molecule has 1 aliphatic heterocycles. The van der Waals surface area contributed by atoms with Gasteiger partial charge in [-0.1, -0.05) is 36.1 Å². The molecule has 1 N–H and O–H groups in total. The van der Waals surface area contributed by atoms with Crippen molar-refractivity contribution in [1.82, 2.24) is 14.5 Å². The molecular formula is C15H20N4O3S4. The van der Waals surface area contributed by atoms with Crippen LogP contribution in [-0.4, -0.2) is 47.7 Å². The van der Waals surface area contributed by atoms with Crippen molar-refractivity contribution in [2.75, 3.05) is 24.2 Å². The van der Waals surface area contributed by atoms with E-state index in [0.29, 0.717) is 35.3 Å². The lowest BCUT2D eigenvalue weighted by molar-refractivity contribution is -0.120. The summed E-state index contributed by atoms with van der Waals surface area (Å²) >= 11 is 4.21. The molecule has 0 aliphatic carbocycles. The van der Waals surface area contributed by atoms with Gasteiger partial charge in [0.05, 0.1) is 0 Å². The first kappa shape index (κ1) is 19.7. The number of amides is 1. The Labute approximate surface area is 165 Å². The molecule has 1 fully saturated rings. The third kappa shape index (κ3) is 4.63. The van der Waals surface area contributed by atoms with Crippen molar-refractivity contribution in [3.05, 3.63) is 17.5 Å². The Balaban J connectivity index is 1.53. The molecule has 2 aromatic rings. The monoisotopic (exact) mass is 432 g/mol. The van der Waals surface area contributed by atoms with E-state index in [1.165, 1.54) is 27.0 Å². The van der Waals surface area contributed by atoms with E-state index >= 15 is 0 Å². The molecule has 1 saturated heterocycles. The lowest BCUT2D eigenvalue weighted by atomic mass is 9.97. The molecule has 0 bridgehead atoms. The number of rotatable bonds is 7. The summed E-state index contributed by atoms with van der Waals surface area (Å²) < 4.78 is 27.7. The summed E-state index contributed by atoms with van der Waals surface area (Å²) in [6.07, 6.45) is 2.07. The quantitative estimate of drug-likeness (QED) is 0.534. The molecule has 3 rings (SSSR count). The van der Waals surface area contributed by atoms with E-state index in [9.17, 15) is 13.2 Å². The SMILES string of the molecule is CCCSc1nnc(NC(=O)C2CCN(S(=O)(=O)c3cccs3)CC2)s1. The van der Waals surface area contributed by atoms with Crippen LogP contribution in [0.25, 0.3) is 0 Å². The molecule has 0 aromatic carbocycles. The number of anilines is 1. The number of sulfonamides is 1. The second kappa shape index (κ2) is 8.79. The summed E-state index contributed by atoms with van der Waals surface area (Å²) in [4.78, 5) is 12.4. The van der Waals surface area contributed by atoms with Gasteiger partial charge >= 0.3 is 0 Å². The van der Waals surface area contributed by atoms with Gasteiger partial charge in [-0.05, 0) is 30.7 Å². The first-order valence-corrected chi connectivity index (χ1v) is 12.4. The Morgan fingerprint density at radius 2 is 2.15 bits per heavy atom. The zero-order valence-corrected chi connectivity index (χ0v) is 17.5. The standard InChI is InChI=1S/C15H20N4O3S4/c1-2-9-24-15-18-17-14(25-15)16-13(20)11-5-7-19(8-6-11)26(21,22)12-4-3-10-23-12/h3-4,10-11H,2,5-9H2,1H3,(H,16,17,20). The lowest BCUT2D eigenvalue weighted by Crippen LogP contribution is -2.41. The number of aromatic nitrogens is 2. The van der Waals surface area contributed by atoms with Crippen LogP contribution in [0.4, 0.5) is 5.13 Å². The Morgan fingerprint density at radius 1 is 1.38 bits per heavy atom. The third-order valence-corrected chi connectivity index (χ3v) is 9.43. The molecule has 0 saturated carbocycles. The van der Waals surface area contributed by atoms with Gasteiger partial charge in [-0.3, -0.25) is 4.79 Å². The molecule has 7 nitrogen and oxygen atoms in total. The van der Waals surface area contributed by atoms with Crippen LogP contribution in [0.15, 0.2) is 26.1 Å². The number of carbonyl (C=O) groups excluding carboxylic acids is 1. The van der Waals surface area contributed by atoms with Gasteiger partial charge in [0.15, 0.2) is 4.34 Å². The zero-order chi connectivity index (χ0) is 18.6. The van der Waals surface area contributed by atoms with Gasteiger partial charge in [-0.2, -0.15) is 4.31 Å². The topological polar surface area (TPSA) is 92.3 Å². The lowest BCUT2D eigenvalue weighted by Gasteiger charge is -2.29. The van der Waals surface area contributed by atoms with Crippen molar-refractivity contribution in [3.8, 4) is 0 Å². The van der Waals surface area contributed by atoms with Gasteiger partial charge in [0.2, 0.25) is 11.0 Å². The van der Waals surface area contributed by atoms with Gasteiger partial charge in [-0.25, -0.2) is 8.42 Å². The number of hydrogen-bond donors (Lipinski definition) is 1. The van der Waals surface area contributed by atoms with Crippen molar-refractivity contribution in [2.24, 2.45) is 5.92 Å². The number of thioether (sulfide) groups is 1. The summed E-state index contributed by atoms with van der Waals surface area (Å²) in [6, 6.07) is 3.34. The van der Waals surface area contributed by atoms with Gasteiger partial charge in [-0.15, -0.1) is 21.5 Å². The fourth-order valence-corrected chi connectivity index (χ4v) is 6.91. The van der Waals surface area contributed by atoms with Crippen LogP contribution >= 0.6 is 34.4 Å². The van der Waals surface area contributed by atoms with Crippen LogP contribution in [0, 0.1) is 5.92 Å². The number of carbonyl (C=O) groups is 1. The Kier molecular flexibility index (Phi) is 6.67. The van der Waals surface area contributed by atoms with Crippen LogP contribution in [0.2, 0.25) is 0 Å². The van der Waals surface area contributed by atoms with E-state index < -0.39 is 10.0 Å². The molecule has 0 radical (unpaired) electrons. The predicted octanol–water partition coefficient (Wildman–Crippen LogP) is 3.14. The molecule has 0 unspecified atom stereocenters. The minimum absolute atomic E-state index is 0.110. The summed E-state index contributed by atoms with van der Waals surface area (Å²) in [7, 11) is -3.44. The normalized spacial score (nSPS) is 16.7. The third-order valence-electron chi connectivity index (χ3n) is 3.98. The van der Waals surface area contributed by atoms with Crippen LogP contribution in [0.3, 0.4) is 0 Å². The maximum Gasteiger partial charge on any atom is 0.252 e. The van der Waals surface area contributed by atoms with Crippen molar-refractivity contribution in [2.45, 2.75) is 34.7 Å². The fourth-order valence-electron chi connectivity index (χ4n) is 2.61. The summed E-state index contributed by atoms with van der Waals surface area (Å²) in [5, 5.41) is 13.1. The summed E-state index contributed by atoms with van der Waals surface area (Å²) in [6.45, 7) is 2.81. The zero-order valence-electron chi connectivity index (χ0n) is 14.3. The molecule has 11 heteroatoms. The summed E-state index contributed by atoms with van der Waals surface area (Å²) in [5.41, 5.74) is 0. The molecule has 0 atom stereocenters. The van der Waals surface area contributed by atoms with Gasteiger partial charge in [0, 0.05) is 24.8 Å². The van der Waals surface area contributed by atoms with Crippen LogP contribution in [0.1, 0.15) is 26.2 Å². The maximum absolute atomic E-state index is 12.5. The molecule has 0 spiro atoms. The Bertz CT molecular complexity index is 827. The van der Waals surface area contributed by atoms with E-state index in [0.717, 1.165) is 16.5 Å². The van der Waals surface area contributed by atoms with Crippen LogP contribution < -0.4 is 5.32 Å². The highest BCUT2D eigenvalue weighted by molar-refractivity contribution is 8.01. The number of thiophene rings is 1. The van der Waals surface area contributed by atoms with E-state index in [1.54, 1.807) is 29.3 Å². The van der Waals surface area contributed by atoms with Gasteiger partial charge < -0.3 is 5.32 Å². The minimum atomic E-state index is -3.44. The predicted molar refractivity (Wildman–Crippen MR) is 105 cm³/mol. The average Bonchev–Trinajstić information content (AvgIpc) is 3.32. The fraction of sp³-hybridized carbons (Fsp3) is 0.533. The smallest absolute Gasteiger partial charge is 0.252 e. The first-order valence-electron chi connectivity index (χ1n) is 8.31. The van der Waals surface area contributed by atoms with E-state index in [1.807, 2.05) is 0 Å². The van der Waals surface area contributed by atoms with Gasteiger partial charge in [0.1, 0.15) is 4.21 Å². The highest BCUT2D eigenvalue weighted by Crippen LogP contribution is 2.29. The minimum Gasteiger partial charge on any atom is -0.300 e. The second-order valence-electron chi connectivity index (χ2n) is 5.82. The van der Waals surface area contributed by atoms with Crippen LogP contribution in [0.5, 0.6) is 0 Å². The van der Waals surface area contributed by atoms with E-state index in [-0.39, 0.29) is 11.8 Å². The van der Waals surface area contributed by atoms with Crippen molar-refractivity contribution >= 4 is 55.5 Å². The summed E-state index contributed by atoms with van der Waals surface area (Å²) in [5.74, 6) is 0.654. The molecule has 26 heavy (non-hydrogen) atoms. The Hall–Kier alpha value is -1.01. The van der Waals surface area contributed by atoms with Crippen LogP contribution in [-0.2, 0) is 14.8 Å². The van der Waals surface area contributed by atoms with Crippen molar-refractivity contribution < 1.29 is 13.2 Å². The Morgan fingerprint density at radius 3 is 2.81 bits per heavy atom. The highest BCUT2D eigenvalue weighted by Gasteiger charge is 2.32. The van der Waals surface area contributed by atoms with E-state index in [4.69, 9.17) is 0 Å². The second-order valence-corrected chi connectivity index (χ2v) is 11.3. The van der Waals surface area contributed by atoms with E-state index in [2.05, 4.69) is 22.4 Å². The average molecular weight is 433 g/mol. The number of piperidine rings is 1. The highest BCUT2D eigenvalue weighted by atomic mass is 32.2. The largest absolute Gasteiger partial charge is 0.300 e. The molecule has 2 aromatic heterocycles. The van der Waals surface area contributed by atoms with Gasteiger partial charge in [0.25, 0.3) is 10.0 Å². The molecular weight excluding hydrogens is 412 g/mol. The van der Waals surface area contributed by atoms with Crippen molar-refractivity contribution in [1.29, 1.82) is 0 Å². The maximum atomic E-state index is 12.5.